The van der Waals surface area contributed by atoms with Crippen LogP contribution in [-0.2, 0) is 16.6 Å². The van der Waals surface area contributed by atoms with E-state index in [1.54, 1.807) is 6.92 Å². The van der Waals surface area contributed by atoms with Crippen LogP contribution in [0, 0.1) is 6.92 Å². The maximum Gasteiger partial charge on any atom is 0.335 e. The van der Waals surface area contributed by atoms with Crippen LogP contribution in [0.3, 0.4) is 0 Å². The Labute approximate surface area is 128 Å². The first-order valence-electron chi connectivity index (χ1n) is 5.61. The zero-order chi connectivity index (χ0) is 15.6. The summed E-state index contributed by atoms with van der Waals surface area (Å²) >= 11 is 3.05. The van der Waals surface area contributed by atoms with Gasteiger partial charge in [-0.2, -0.15) is 4.98 Å². The van der Waals surface area contributed by atoms with Crippen molar-refractivity contribution in [2.24, 2.45) is 0 Å². The van der Waals surface area contributed by atoms with Crippen molar-refractivity contribution in [1.29, 1.82) is 0 Å². The van der Waals surface area contributed by atoms with E-state index in [-0.39, 0.29) is 27.3 Å². The summed E-state index contributed by atoms with van der Waals surface area (Å²) in [4.78, 5) is 14.6. The van der Waals surface area contributed by atoms with Gasteiger partial charge in [0.05, 0.1) is 17.0 Å². The number of aromatic nitrogens is 2. The number of carbonyl (C=O) groups is 1. The van der Waals surface area contributed by atoms with Crippen molar-refractivity contribution in [2.45, 2.75) is 18.4 Å². The maximum absolute atomic E-state index is 12.1. The van der Waals surface area contributed by atoms with Gasteiger partial charge in [-0.25, -0.2) is 17.9 Å². The molecule has 0 fully saturated rings. The molecule has 2 N–H and O–H groups in total. The van der Waals surface area contributed by atoms with Crippen molar-refractivity contribution in [1.82, 2.24) is 14.9 Å². The second-order valence-corrected chi connectivity index (χ2v) is 6.59. The number of sulfonamides is 1. The second kappa shape index (κ2) is 5.92. The Hall–Kier alpha value is -1.78. The number of hydrogen-bond donors (Lipinski definition) is 2. The van der Waals surface area contributed by atoms with Crippen LogP contribution in [0.25, 0.3) is 0 Å². The van der Waals surface area contributed by atoms with Gasteiger partial charge in [0.1, 0.15) is 0 Å². The molecule has 0 radical (unpaired) electrons. The van der Waals surface area contributed by atoms with Gasteiger partial charge in [0, 0.05) is 11.4 Å². The number of nitrogens with zero attached hydrogens (tertiary/aromatic N) is 2. The summed E-state index contributed by atoms with van der Waals surface area (Å²) in [6.07, 6.45) is 0. The molecule has 0 unspecified atom stereocenters. The third-order valence-electron chi connectivity index (χ3n) is 2.46. The molecule has 1 aromatic carbocycles. The molecule has 2 aromatic rings. The lowest BCUT2D eigenvalue weighted by molar-refractivity contribution is 0.0696. The van der Waals surface area contributed by atoms with Crippen molar-refractivity contribution in [2.75, 3.05) is 0 Å². The summed E-state index contributed by atoms with van der Waals surface area (Å²) in [5, 5.41) is 12.4. The highest BCUT2D eigenvalue weighted by Crippen LogP contribution is 2.23. The Morgan fingerprint density at radius 2 is 2.19 bits per heavy atom. The van der Waals surface area contributed by atoms with E-state index in [0.717, 1.165) is 0 Å². The van der Waals surface area contributed by atoms with Crippen molar-refractivity contribution in [3.63, 3.8) is 0 Å². The van der Waals surface area contributed by atoms with Crippen LogP contribution in [0.2, 0.25) is 0 Å². The van der Waals surface area contributed by atoms with Crippen molar-refractivity contribution in [3.8, 4) is 0 Å². The Bertz CT molecular complexity index is 787. The first-order valence-corrected chi connectivity index (χ1v) is 7.89. The lowest BCUT2D eigenvalue weighted by Crippen LogP contribution is -2.24. The smallest absolute Gasteiger partial charge is 0.335 e. The molecule has 21 heavy (non-hydrogen) atoms. The van der Waals surface area contributed by atoms with Crippen molar-refractivity contribution < 1.29 is 22.8 Å². The van der Waals surface area contributed by atoms with Crippen LogP contribution in [0.5, 0.6) is 0 Å². The minimum atomic E-state index is -3.83. The highest BCUT2D eigenvalue weighted by molar-refractivity contribution is 9.10. The summed E-state index contributed by atoms with van der Waals surface area (Å²) in [5.41, 5.74) is -0.0189. The van der Waals surface area contributed by atoms with E-state index in [1.165, 1.54) is 18.2 Å². The molecule has 0 spiro atoms. The number of rotatable bonds is 5. The maximum atomic E-state index is 12.1. The van der Waals surface area contributed by atoms with Crippen molar-refractivity contribution >= 4 is 31.9 Å². The van der Waals surface area contributed by atoms with Crippen molar-refractivity contribution in [3.05, 3.63) is 40.0 Å². The molecule has 2 rings (SSSR count). The van der Waals surface area contributed by atoms with Gasteiger partial charge in [-0.1, -0.05) is 5.16 Å². The Morgan fingerprint density at radius 1 is 1.48 bits per heavy atom. The summed E-state index contributed by atoms with van der Waals surface area (Å²) < 4.78 is 31.5. The van der Waals surface area contributed by atoms with E-state index >= 15 is 0 Å². The highest BCUT2D eigenvalue weighted by Gasteiger charge is 2.19. The zero-order valence-corrected chi connectivity index (χ0v) is 13.1. The average molecular weight is 376 g/mol. The normalized spacial score (nSPS) is 11.5. The molecule has 0 atom stereocenters. The molecule has 0 aliphatic carbocycles. The standard InChI is InChI=1S/C11H10BrN3O5S/c1-6-14-10(15-20-6)5-13-21(18,19)9-3-2-7(11(16)17)4-8(9)12/h2-4,13H,5H2,1H3,(H,16,17). The van der Waals surface area contributed by atoms with Crippen LogP contribution >= 0.6 is 15.9 Å². The molecular weight excluding hydrogens is 366 g/mol. The van der Waals surface area contributed by atoms with E-state index in [9.17, 15) is 13.2 Å². The first kappa shape index (κ1) is 15.6. The van der Waals surface area contributed by atoms with E-state index in [1.807, 2.05) is 0 Å². The fourth-order valence-corrected chi connectivity index (χ4v) is 3.56. The molecule has 10 heteroatoms. The predicted molar refractivity (Wildman–Crippen MR) is 74.2 cm³/mol. The van der Waals surface area contributed by atoms with Gasteiger partial charge in [0.2, 0.25) is 15.9 Å². The molecule has 0 amide bonds. The molecule has 0 bridgehead atoms. The fraction of sp³-hybridized carbons (Fsp3) is 0.182. The van der Waals surface area contributed by atoms with Gasteiger partial charge in [0.25, 0.3) is 0 Å². The van der Waals surface area contributed by atoms with E-state index < -0.39 is 16.0 Å². The van der Waals surface area contributed by atoms with Crippen LogP contribution in [0.15, 0.2) is 32.1 Å². The van der Waals surface area contributed by atoms with Gasteiger partial charge >= 0.3 is 5.97 Å². The Kier molecular flexibility index (Phi) is 4.40. The van der Waals surface area contributed by atoms with Gasteiger partial charge < -0.3 is 9.63 Å². The van der Waals surface area contributed by atoms with Gasteiger partial charge in [-0.15, -0.1) is 0 Å². The number of nitrogens with one attached hydrogen (secondary N) is 1. The summed E-state index contributed by atoms with van der Waals surface area (Å²) in [6, 6.07) is 3.63. The predicted octanol–water partition coefficient (Wildman–Crippen LogP) is 1.32. The number of carboxylic acid groups (broad SMARTS) is 1. The highest BCUT2D eigenvalue weighted by atomic mass is 79.9. The topological polar surface area (TPSA) is 122 Å². The minimum Gasteiger partial charge on any atom is -0.478 e. The lowest BCUT2D eigenvalue weighted by atomic mass is 10.2. The van der Waals surface area contributed by atoms with E-state index in [0.29, 0.717) is 5.89 Å². The number of halogens is 1. The molecule has 1 heterocycles. The van der Waals surface area contributed by atoms with Crippen LogP contribution in [-0.4, -0.2) is 29.6 Å². The average Bonchev–Trinajstić information content (AvgIpc) is 2.82. The van der Waals surface area contributed by atoms with Gasteiger partial charge in [0.15, 0.2) is 5.82 Å². The molecule has 0 saturated heterocycles. The van der Waals surface area contributed by atoms with Crippen LogP contribution < -0.4 is 4.72 Å². The molecule has 0 saturated carbocycles. The number of hydrogen-bond acceptors (Lipinski definition) is 6. The molecule has 1 aromatic heterocycles. The Morgan fingerprint density at radius 3 is 2.71 bits per heavy atom. The monoisotopic (exact) mass is 375 g/mol. The van der Waals surface area contributed by atoms with E-state index in [2.05, 4.69) is 30.8 Å². The third kappa shape index (κ3) is 3.65. The zero-order valence-electron chi connectivity index (χ0n) is 10.7. The SMILES string of the molecule is Cc1nc(CNS(=O)(=O)c2ccc(C(=O)O)cc2Br)no1. The minimum absolute atomic E-state index is 0.0189. The molecular formula is C11H10BrN3O5S. The van der Waals surface area contributed by atoms with Gasteiger partial charge in [-0.05, 0) is 34.1 Å². The van der Waals surface area contributed by atoms with Crippen LogP contribution in [0.4, 0.5) is 0 Å². The summed E-state index contributed by atoms with van der Waals surface area (Å²) in [6.45, 7) is 1.46. The lowest BCUT2D eigenvalue weighted by Gasteiger charge is -2.07. The Balaban J connectivity index is 2.21. The summed E-state index contributed by atoms with van der Waals surface area (Å²) in [7, 11) is -3.83. The molecule has 0 aliphatic heterocycles. The number of benzene rings is 1. The number of aryl methyl sites for hydroxylation is 1. The van der Waals surface area contributed by atoms with E-state index in [4.69, 9.17) is 9.63 Å². The largest absolute Gasteiger partial charge is 0.478 e. The molecule has 112 valence electrons. The first-order chi connectivity index (χ1) is 9.79. The quantitative estimate of drug-likeness (QED) is 0.807. The molecule has 0 aliphatic rings. The molecule has 8 nitrogen and oxygen atoms in total. The number of aromatic carboxylic acids is 1. The fourth-order valence-electron chi connectivity index (χ4n) is 1.50. The second-order valence-electron chi connectivity index (χ2n) is 4.00. The third-order valence-corrected chi connectivity index (χ3v) is 4.84. The number of carboxylic acids is 1. The van der Waals surface area contributed by atoms with Crippen LogP contribution in [0.1, 0.15) is 22.1 Å². The van der Waals surface area contributed by atoms with Gasteiger partial charge in [-0.3, -0.25) is 0 Å². The summed E-state index contributed by atoms with van der Waals surface area (Å²) in [5.74, 6) is -0.611.